The van der Waals surface area contributed by atoms with Gasteiger partial charge in [-0.25, -0.2) is 0 Å². The molecule has 0 saturated carbocycles. The van der Waals surface area contributed by atoms with Crippen molar-refractivity contribution < 1.29 is 47.9 Å². The van der Waals surface area contributed by atoms with Gasteiger partial charge in [0.2, 0.25) is 0 Å². The summed E-state index contributed by atoms with van der Waals surface area (Å²) in [6, 6.07) is 0. The molecule has 0 spiro atoms. The molecular weight excluding hydrogens is 441 g/mol. The zero-order chi connectivity index (χ0) is 17.9. The first-order valence-corrected chi connectivity index (χ1v) is 7.06. The summed E-state index contributed by atoms with van der Waals surface area (Å²) < 4.78 is 0. The van der Waals surface area contributed by atoms with Crippen molar-refractivity contribution in [2.75, 3.05) is 0 Å². The van der Waals surface area contributed by atoms with E-state index < -0.39 is 0 Å². The molecule has 0 fully saturated rings. The van der Waals surface area contributed by atoms with Crippen molar-refractivity contribution in [3.05, 3.63) is 0 Å². The molecular formula is C15H40O5Ta. The Balaban J connectivity index is -0.0000000331. The summed E-state index contributed by atoms with van der Waals surface area (Å²) in [7, 11) is 0. The molecule has 0 rings (SSSR count). The van der Waals surface area contributed by atoms with E-state index in [1.165, 1.54) is 0 Å². The molecule has 0 aliphatic heterocycles. The first-order valence-electron chi connectivity index (χ1n) is 7.06. The van der Waals surface area contributed by atoms with Gasteiger partial charge in [-0.2, -0.15) is 0 Å². The van der Waals surface area contributed by atoms with Crippen LogP contribution in [0, 0.1) is 0 Å². The summed E-state index contributed by atoms with van der Waals surface area (Å²) in [4.78, 5) is 0. The molecule has 0 aromatic carbocycles. The van der Waals surface area contributed by atoms with Crippen LogP contribution in [0.3, 0.4) is 0 Å². The molecule has 0 heterocycles. The maximum Gasteiger partial charge on any atom is 0.0483 e. The van der Waals surface area contributed by atoms with E-state index in [0.29, 0.717) is 0 Å². The molecule has 0 bridgehead atoms. The summed E-state index contributed by atoms with van der Waals surface area (Å²) in [5, 5.41) is 40.3. The maximum absolute atomic E-state index is 8.06. The van der Waals surface area contributed by atoms with E-state index >= 15 is 0 Å². The normalized spacial score (nSPS) is 8.57. The minimum Gasteiger partial charge on any atom is -0.394 e. The Bertz CT molecular complexity index is 80.6. The standard InChI is InChI=1S/5C3H8O.Ta/c5*1-3(2)4;/h5*3-4H,1-2H3;. The molecule has 21 heavy (non-hydrogen) atoms. The second-order valence-corrected chi connectivity index (χ2v) is 5.47. The van der Waals surface area contributed by atoms with Crippen LogP contribution >= 0.6 is 0 Å². The average Bonchev–Trinajstić information content (AvgIpc) is 1.94. The fraction of sp³-hybridized carbons (Fsp3) is 1.00. The molecule has 135 valence electrons. The molecule has 1 radical (unpaired) electrons. The topological polar surface area (TPSA) is 101 Å². The zero-order valence-electron chi connectivity index (χ0n) is 15.6. The van der Waals surface area contributed by atoms with Crippen molar-refractivity contribution in [1.29, 1.82) is 0 Å². The van der Waals surface area contributed by atoms with Gasteiger partial charge in [0.05, 0.1) is 0 Å². The van der Waals surface area contributed by atoms with Gasteiger partial charge in [0, 0.05) is 52.9 Å². The van der Waals surface area contributed by atoms with Crippen LogP contribution in [-0.2, 0) is 22.4 Å². The van der Waals surface area contributed by atoms with Gasteiger partial charge < -0.3 is 25.5 Å². The Morgan fingerprint density at radius 2 is 0.333 bits per heavy atom. The van der Waals surface area contributed by atoms with Crippen molar-refractivity contribution in [3.63, 3.8) is 0 Å². The minimum absolute atomic E-state index is 0. The largest absolute Gasteiger partial charge is 0.394 e. The van der Waals surface area contributed by atoms with Gasteiger partial charge in [0.25, 0.3) is 0 Å². The molecule has 0 saturated heterocycles. The van der Waals surface area contributed by atoms with Crippen molar-refractivity contribution in [2.45, 2.75) is 99.8 Å². The van der Waals surface area contributed by atoms with Crippen LogP contribution in [-0.4, -0.2) is 56.1 Å². The summed E-state index contributed by atoms with van der Waals surface area (Å²) >= 11 is 0. The predicted molar refractivity (Wildman–Crippen MR) is 86.8 cm³/mol. The number of hydrogen-bond acceptors (Lipinski definition) is 5. The number of rotatable bonds is 0. The average molecular weight is 481 g/mol. The Hall–Kier alpha value is 0.540. The smallest absolute Gasteiger partial charge is 0.0483 e. The number of hydrogen-bond donors (Lipinski definition) is 5. The van der Waals surface area contributed by atoms with Gasteiger partial charge in [-0.3, -0.25) is 0 Å². The summed E-state index contributed by atoms with van der Waals surface area (Å²) in [6.45, 7) is 17.2. The summed E-state index contributed by atoms with van der Waals surface area (Å²) in [5.41, 5.74) is 0. The molecule has 0 aliphatic carbocycles. The van der Waals surface area contributed by atoms with Gasteiger partial charge in [0.1, 0.15) is 0 Å². The molecule has 0 unspecified atom stereocenters. The monoisotopic (exact) mass is 481 g/mol. The van der Waals surface area contributed by atoms with Crippen molar-refractivity contribution in [1.82, 2.24) is 0 Å². The third-order valence-corrected chi connectivity index (χ3v) is 0. The van der Waals surface area contributed by atoms with Crippen molar-refractivity contribution >= 4 is 0 Å². The molecule has 0 aromatic heterocycles. The predicted octanol–water partition coefficient (Wildman–Crippen LogP) is 1.93. The van der Waals surface area contributed by atoms with Crippen molar-refractivity contribution in [3.8, 4) is 0 Å². The molecule has 0 aromatic rings. The van der Waals surface area contributed by atoms with Crippen LogP contribution in [0.2, 0.25) is 0 Å². The van der Waals surface area contributed by atoms with E-state index in [9.17, 15) is 0 Å². The third-order valence-electron chi connectivity index (χ3n) is 0. The maximum atomic E-state index is 8.06. The SMILES string of the molecule is CC(C)O.CC(C)O.CC(C)O.CC(C)O.CC(C)O.[Ta]. The molecule has 6 heteroatoms. The van der Waals surface area contributed by atoms with E-state index in [1.807, 2.05) is 0 Å². The van der Waals surface area contributed by atoms with Crippen LogP contribution < -0.4 is 0 Å². The first kappa shape index (κ1) is 37.6. The van der Waals surface area contributed by atoms with Gasteiger partial charge in [-0.15, -0.1) is 0 Å². The van der Waals surface area contributed by atoms with Gasteiger partial charge in [0.15, 0.2) is 0 Å². The molecule has 0 amide bonds. The fourth-order valence-corrected chi connectivity index (χ4v) is 0. The summed E-state index contributed by atoms with van der Waals surface area (Å²) in [6.07, 6.45) is -0.833. The van der Waals surface area contributed by atoms with Crippen LogP contribution in [0.15, 0.2) is 0 Å². The number of aliphatic hydroxyl groups excluding tert-OH is 5. The van der Waals surface area contributed by atoms with Gasteiger partial charge in [-0.1, -0.05) is 0 Å². The van der Waals surface area contributed by atoms with Crippen LogP contribution in [0.25, 0.3) is 0 Å². The van der Waals surface area contributed by atoms with E-state index in [1.54, 1.807) is 69.2 Å². The van der Waals surface area contributed by atoms with Crippen LogP contribution in [0.1, 0.15) is 69.2 Å². The minimum atomic E-state index is -0.167. The van der Waals surface area contributed by atoms with Crippen molar-refractivity contribution in [2.24, 2.45) is 0 Å². The first-order chi connectivity index (χ1) is 8.66. The molecule has 5 nitrogen and oxygen atoms in total. The Morgan fingerprint density at radius 1 is 0.333 bits per heavy atom. The van der Waals surface area contributed by atoms with E-state index in [-0.39, 0.29) is 52.9 Å². The van der Waals surface area contributed by atoms with Crippen LogP contribution in [0.4, 0.5) is 0 Å². The second kappa shape index (κ2) is 32.5. The Kier molecular flexibility index (Phi) is 58.2. The molecule has 0 aliphatic rings. The molecule has 0 atom stereocenters. The third kappa shape index (κ3) is 24200. The van der Waals surface area contributed by atoms with Gasteiger partial charge >= 0.3 is 0 Å². The van der Waals surface area contributed by atoms with E-state index in [2.05, 4.69) is 0 Å². The Morgan fingerprint density at radius 3 is 0.333 bits per heavy atom. The van der Waals surface area contributed by atoms with E-state index in [4.69, 9.17) is 25.5 Å². The van der Waals surface area contributed by atoms with E-state index in [0.717, 1.165) is 0 Å². The second-order valence-electron chi connectivity index (χ2n) is 5.47. The molecule has 5 N–H and O–H groups in total. The Labute approximate surface area is 147 Å². The quantitative estimate of drug-likeness (QED) is 0.364. The number of aliphatic hydroxyl groups is 5. The fourth-order valence-electron chi connectivity index (χ4n) is 0. The summed E-state index contributed by atoms with van der Waals surface area (Å²) in [5.74, 6) is 0. The van der Waals surface area contributed by atoms with Gasteiger partial charge in [-0.05, 0) is 69.2 Å². The van der Waals surface area contributed by atoms with Crippen LogP contribution in [0.5, 0.6) is 0 Å². The zero-order valence-corrected chi connectivity index (χ0v) is 18.8.